The Morgan fingerprint density at radius 2 is 2.19 bits per heavy atom. The van der Waals surface area contributed by atoms with E-state index in [0.29, 0.717) is 18.9 Å². The summed E-state index contributed by atoms with van der Waals surface area (Å²) in [5.74, 6) is 0.535. The van der Waals surface area contributed by atoms with E-state index in [0.717, 1.165) is 19.5 Å². The number of nitrogens with zero attached hydrogens (tertiary/aromatic N) is 1. The Bertz CT molecular complexity index is 484. The van der Waals surface area contributed by atoms with Gasteiger partial charge in [-0.2, -0.15) is 0 Å². The van der Waals surface area contributed by atoms with E-state index in [1.54, 1.807) is 0 Å². The van der Waals surface area contributed by atoms with Gasteiger partial charge < -0.3 is 9.64 Å². The summed E-state index contributed by atoms with van der Waals surface area (Å²) in [6, 6.07) is 6.84. The number of benzene rings is 1. The number of rotatable bonds is 7. The summed E-state index contributed by atoms with van der Waals surface area (Å²) < 4.78 is 5.00. The number of ether oxygens (including phenoxy) is 1. The van der Waals surface area contributed by atoms with E-state index in [1.807, 2.05) is 6.92 Å². The molecule has 3 heteroatoms. The first kappa shape index (κ1) is 15.9. The maximum atomic E-state index is 11.5. The van der Waals surface area contributed by atoms with E-state index in [1.165, 1.54) is 29.7 Å². The zero-order chi connectivity index (χ0) is 15.2. The second-order valence-corrected chi connectivity index (χ2v) is 5.87. The van der Waals surface area contributed by atoms with Gasteiger partial charge in [0.15, 0.2) is 0 Å². The average Bonchev–Trinajstić information content (AvgIpc) is 2.88. The second kappa shape index (κ2) is 7.48. The molecule has 1 aromatic carbocycles. The SMILES string of the molecule is CCCC(C)c1ccc2c(c1)CCN2CCC(=O)OCC. The Hall–Kier alpha value is -1.51. The lowest BCUT2D eigenvalue weighted by atomic mass is 9.94. The van der Waals surface area contributed by atoms with Crippen molar-refractivity contribution < 1.29 is 9.53 Å². The molecule has 1 aromatic rings. The van der Waals surface area contributed by atoms with E-state index in [-0.39, 0.29) is 5.97 Å². The van der Waals surface area contributed by atoms with Crippen molar-refractivity contribution in [3.63, 3.8) is 0 Å². The monoisotopic (exact) mass is 289 g/mol. The quantitative estimate of drug-likeness (QED) is 0.713. The van der Waals surface area contributed by atoms with Gasteiger partial charge in [0.05, 0.1) is 13.0 Å². The zero-order valence-corrected chi connectivity index (χ0v) is 13.5. The van der Waals surface area contributed by atoms with E-state index < -0.39 is 0 Å². The topological polar surface area (TPSA) is 29.5 Å². The fourth-order valence-corrected chi connectivity index (χ4v) is 3.09. The third kappa shape index (κ3) is 3.99. The molecule has 1 atom stereocenters. The highest BCUT2D eigenvalue weighted by Crippen LogP contribution is 2.32. The average molecular weight is 289 g/mol. The highest BCUT2D eigenvalue weighted by molar-refractivity contribution is 5.70. The minimum Gasteiger partial charge on any atom is -0.466 e. The molecular formula is C18H27NO2. The van der Waals surface area contributed by atoms with Crippen LogP contribution >= 0.6 is 0 Å². The van der Waals surface area contributed by atoms with Gasteiger partial charge in [-0.3, -0.25) is 4.79 Å². The Morgan fingerprint density at radius 3 is 2.90 bits per heavy atom. The van der Waals surface area contributed by atoms with Crippen molar-refractivity contribution in [1.82, 2.24) is 0 Å². The number of hydrogen-bond acceptors (Lipinski definition) is 3. The molecule has 0 aliphatic carbocycles. The number of hydrogen-bond donors (Lipinski definition) is 0. The normalized spacial score (nSPS) is 14.9. The first-order valence-corrected chi connectivity index (χ1v) is 8.19. The predicted octanol–water partition coefficient (Wildman–Crippen LogP) is 3.91. The Balaban J connectivity index is 1.99. The lowest BCUT2D eigenvalue weighted by molar-refractivity contribution is -0.142. The fourth-order valence-electron chi connectivity index (χ4n) is 3.09. The van der Waals surface area contributed by atoms with Crippen LogP contribution in [0.2, 0.25) is 0 Å². The van der Waals surface area contributed by atoms with Crippen molar-refractivity contribution in [3.05, 3.63) is 29.3 Å². The van der Waals surface area contributed by atoms with Gasteiger partial charge in [0.25, 0.3) is 0 Å². The van der Waals surface area contributed by atoms with Crippen molar-refractivity contribution in [2.24, 2.45) is 0 Å². The summed E-state index contributed by atoms with van der Waals surface area (Å²) in [5.41, 5.74) is 4.17. The molecule has 116 valence electrons. The molecule has 0 spiro atoms. The molecule has 0 saturated heterocycles. The summed E-state index contributed by atoms with van der Waals surface area (Å²) in [6.45, 7) is 8.63. The van der Waals surface area contributed by atoms with Crippen LogP contribution in [0.4, 0.5) is 5.69 Å². The smallest absolute Gasteiger partial charge is 0.307 e. The largest absolute Gasteiger partial charge is 0.466 e. The zero-order valence-electron chi connectivity index (χ0n) is 13.5. The molecule has 0 radical (unpaired) electrons. The lowest BCUT2D eigenvalue weighted by Gasteiger charge is -2.19. The molecule has 21 heavy (non-hydrogen) atoms. The highest BCUT2D eigenvalue weighted by atomic mass is 16.5. The molecule has 2 rings (SSSR count). The van der Waals surface area contributed by atoms with E-state index >= 15 is 0 Å². The van der Waals surface area contributed by atoms with Crippen LogP contribution in [0, 0.1) is 0 Å². The van der Waals surface area contributed by atoms with E-state index in [4.69, 9.17) is 4.74 Å². The molecule has 1 unspecified atom stereocenters. The van der Waals surface area contributed by atoms with Crippen LogP contribution in [0.3, 0.4) is 0 Å². The van der Waals surface area contributed by atoms with Gasteiger partial charge in [0.2, 0.25) is 0 Å². The predicted molar refractivity (Wildman–Crippen MR) is 86.9 cm³/mol. The molecule has 0 saturated carbocycles. The maximum absolute atomic E-state index is 11.5. The van der Waals surface area contributed by atoms with Gasteiger partial charge in [-0.05, 0) is 42.9 Å². The number of anilines is 1. The van der Waals surface area contributed by atoms with Crippen molar-refractivity contribution in [2.45, 2.75) is 52.4 Å². The van der Waals surface area contributed by atoms with Crippen molar-refractivity contribution in [1.29, 1.82) is 0 Å². The van der Waals surface area contributed by atoms with Gasteiger partial charge in [0.1, 0.15) is 0 Å². The Labute approximate surface area is 128 Å². The van der Waals surface area contributed by atoms with Gasteiger partial charge in [0, 0.05) is 18.8 Å². The van der Waals surface area contributed by atoms with Crippen LogP contribution in [-0.2, 0) is 16.0 Å². The van der Waals surface area contributed by atoms with Gasteiger partial charge in [-0.25, -0.2) is 0 Å². The Kier molecular flexibility index (Phi) is 5.66. The molecule has 1 aliphatic rings. The summed E-state index contributed by atoms with van der Waals surface area (Å²) >= 11 is 0. The fraction of sp³-hybridized carbons (Fsp3) is 0.611. The molecule has 0 amide bonds. The number of carbonyl (C=O) groups excluding carboxylic acids is 1. The van der Waals surface area contributed by atoms with Gasteiger partial charge >= 0.3 is 5.97 Å². The molecule has 0 aromatic heterocycles. The van der Waals surface area contributed by atoms with Gasteiger partial charge in [-0.15, -0.1) is 0 Å². The maximum Gasteiger partial charge on any atom is 0.307 e. The van der Waals surface area contributed by atoms with Crippen LogP contribution in [0.15, 0.2) is 18.2 Å². The van der Waals surface area contributed by atoms with Crippen LogP contribution < -0.4 is 4.90 Å². The van der Waals surface area contributed by atoms with Gasteiger partial charge in [-0.1, -0.05) is 32.4 Å². The third-order valence-electron chi connectivity index (χ3n) is 4.28. The van der Waals surface area contributed by atoms with E-state index in [2.05, 4.69) is 36.9 Å². The second-order valence-electron chi connectivity index (χ2n) is 5.87. The molecule has 3 nitrogen and oxygen atoms in total. The van der Waals surface area contributed by atoms with Crippen LogP contribution in [0.1, 0.15) is 57.1 Å². The van der Waals surface area contributed by atoms with Crippen LogP contribution in [0.25, 0.3) is 0 Å². The summed E-state index contributed by atoms with van der Waals surface area (Å²) in [6.07, 6.45) is 4.03. The molecule has 0 fully saturated rings. The van der Waals surface area contributed by atoms with Crippen molar-refractivity contribution in [2.75, 3.05) is 24.6 Å². The number of esters is 1. The highest BCUT2D eigenvalue weighted by Gasteiger charge is 2.20. The van der Waals surface area contributed by atoms with Crippen molar-refractivity contribution >= 4 is 11.7 Å². The molecule has 1 heterocycles. The summed E-state index contributed by atoms with van der Waals surface area (Å²) in [4.78, 5) is 13.8. The van der Waals surface area contributed by atoms with Crippen molar-refractivity contribution in [3.8, 4) is 0 Å². The first-order chi connectivity index (χ1) is 10.2. The molecular weight excluding hydrogens is 262 g/mol. The van der Waals surface area contributed by atoms with E-state index in [9.17, 15) is 4.79 Å². The Morgan fingerprint density at radius 1 is 1.38 bits per heavy atom. The first-order valence-electron chi connectivity index (χ1n) is 8.19. The minimum absolute atomic E-state index is 0.0980. The molecule has 0 bridgehead atoms. The summed E-state index contributed by atoms with van der Waals surface area (Å²) in [7, 11) is 0. The van der Waals surface area contributed by atoms with Crippen LogP contribution in [-0.4, -0.2) is 25.7 Å². The molecule has 1 aliphatic heterocycles. The number of carbonyl (C=O) groups is 1. The standard InChI is InChI=1S/C18H27NO2/c1-4-6-14(3)15-7-8-17-16(13-15)9-11-19(17)12-10-18(20)21-5-2/h7-8,13-14H,4-6,9-12H2,1-3H3. The summed E-state index contributed by atoms with van der Waals surface area (Å²) in [5, 5.41) is 0. The lowest BCUT2D eigenvalue weighted by Crippen LogP contribution is -2.24. The molecule has 0 N–H and O–H groups in total. The number of fused-ring (bicyclic) bond motifs is 1. The minimum atomic E-state index is -0.0980. The van der Waals surface area contributed by atoms with Crippen LogP contribution in [0.5, 0.6) is 0 Å². The third-order valence-corrected chi connectivity index (χ3v) is 4.28.